The molecule has 0 radical (unpaired) electrons. The van der Waals surface area contributed by atoms with Gasteiger partial charge in [-0.15, -0.1) is 0 Å². The number of hydrogen-bond acceptors (Lipinski definition) is 4. The Bertz CT molecular complexity index is 854. The lowest BCUT2D eigenvalue weighted by Crippen LogP contribution is -2.54. The molecule has 30 heavy (non-hydrogen) atoms. The molecule has 0 aliphatic heterocycles. The van der Waals surface area contributed by atoms with Crippen molar-refractivity contribution < 1.29 is 13.9 Å². The first-order valence-corrected chi connectivity index (χ1v) is 12.1. The minimum Gasteiger partial charge on any atom is -0.463 e. The standard InChI is InChI=1S/C26H36O4/c1-16(27)30-19-10-12-25(2)18(14-19)5-6-20-22-8-7-21(17-4-9-24(28)29-15-17)26(22,3)13-11-23(20)25/h4,9,15,18-23H,5-8,10-14H2,1-3H3. The lowest BCUT2D eigenvalue weighted by atomic mass is 9.44. The summed E-state index contributed by atoms with van der Waals surface area (Å²) >= 11 is 0. The van der Waals surface area contributed by atoms with Crippen molar-refractivity contribution in [3.8, 4) is 0 Å². The molecule has 0 amide bonds. The number of hydrogen-bond donors (Lipinski definition) is 0. The molecule has 4 nitrogen and oxygen atoms in total. The minimum atomic E-state index is -0.252. The van der Waals surface area contributed by atoms with Crippen LogP contribution in [0.4, 0.5) is 0 Å². The fraction of sp³-hybridized carbons (Fsp3) is 0.769. The van der Waals surface area contributed by atoms with Gasteiger partial charge in [-0.2, -0.15) is 0 Å². The molecule has 4 heteroatoms. The Hall–Kier alpha value is -1.58. The number of fused-ring (bicyclic) bond motifs is 5. The molecule has 5 rings (SSSR count). The summed E-state index contributed by atoms with van der Waals surface area (Å²) in [5.74, 6) is 3.48. The van der Waals surface area contributed by atoms with Crippen LogP contribution in [-0.4, -0.2) is 12.1 Å². The average molecular weight is 413 g/mol. The molecule has 1 heterocycles. The highest BCUT2D eigenvalue weighted by molar-refractivity contribution is 5.66. The van der Waals surface area contributed by atoms with E-state index < -0.39 is 0 Å². The molecule has 1 aromatic heterocycles. The Morgan fingerprint density at radius 2 is 1.77 bits per heavy atom. The molecule has 8 atom stereocenters. The van der Waals surface area contributed by atoms with E-state index in [9.17, 15) is 9.59 Å². The zero-order chi connectivity index (χ0) is 21.1. The molecule has 0 saturated heterocycles. The van der Waals surface area contributed by atoms with Gasteiger partial charge >= 0.3 is 11.6 Å². The fourth-order valence-electron chi connectivity index (χ4n) is 8.68. The van der Waals surface area contributed by atoms with Crippen molar-refractivity contribution in [2.45, 2.75) is 90.6 Å². The van der Waals surface area contributed by atoms with Gasteiger partial charge in [0.05, 0.1) is 6.26 Å². The highest BCUT2D eigenvalue weighted by atomic mass is 16.5. The molecule has 4 fully saturated rings. The summed E-state index contributed by atoms with van der Waals surface area (Å²) in [7, 11) is 0. The molecule has 0 bridgehead atoms. The van der Waals surface area contributed by atoms with E-state index in [1.165, 1.54) is 50.5 Å². The Labute approximate surface area is 179 Å². The Kier molecular flexibility index (Phi) is 4.91. The quantitative estimate of drug-likeness (QED) is 0.585. The largest absolute Gasteiger partial charge is 0.463 e. The van der Waals surface area contributed by atoms with Crippen LogP contribution in [0.15, 0.2) is 27.6 Å². The van der Waals surface area contributed by atoms with Crippen molar-refractivity contribution in [2.75, 3.05) is 0 Å². The van der Waals surface area contributed by atoms with Crippen LogP contribution >= 0.6 is 0 Å². The van der Waals surface area contributed by atoms with Gasteiger partial charge in [-0.25, -0.2) is 4.79 Å². The van der Waals surface area contributed by atoms with Crippen LogP contribution in [0.2, 0.25) is 0 Å². The zero-order valence-corrected chi connectivity index (χ0v) is 18.7. The third-order valence-electron chi connectivity index (χ3n) is 10.1. The molecule has 4 aliphatic rings. The first-order chi connectivity index (χ1) is 14.3. The molecule has 0 spiro atoms. The average Bonchev–Trinajstić information content (AvgIpc) is 3.06. The van der Waals surface area contributed by atoms with Crippen molar-refractivity contribution in [3.63, 3.8) is 0 Å². The molecule has 1 aromatic rings. The summed E-state index contributed by atoms with van der Waals surface area (Å²) in [6.45, 7) is 6.61. The van der Waals surface area contributed by atoms with Crippen molar-refractivity contribution in [1.29, 1.82) is 0 Å². The van der Waals surface area contributed by atoms with Crippen LogP contribution in [0.3, 0.4) is 0 Å². The second-order valence-corrected chi connectivity index (χ2v) is 11.2. The first kappa shape index (κ1) is 20.3. The topological polar surface area (TPSA) is 56.5 Å². The van der Waals surface area contributed by atoms with Gasteiger partial charge in [0.25, 0.3) is 0 Å². The summed E-state index contributed by atoms with van der Waals surface area (Å²) in [5, 5.41) is 0. The maximum absolute atomic E-state index is 11.5. The molecular formula is C26H36O4. The SMILES string of the molecule is CC(=O)OC1CCC2(C)C(CCC3C2CCC2(C)C(c4ccc(=O)oc4)CCC32)C1. The molecule has 4 aliphatic carbocycles. The van der Waals surface area contributed by atoms with E-state index >= 15 is 0 Å². The molecule has 8 unspecified atom stereocenters. The Balaban J connectivity index is 1.37. The van der Waals surface area contributed by atoms with Gasteiger partial charge in [-0.1, -0.05) is 13.8 Å². The van der Waals surface area contributed by atoms with Crippen LogP contribution in [0.1, 0.15) is 90.0 Å². The zero-order valence-electron chi connectivity index (χ0n) is 18.7. The van der Waals surface area contributed by atoms with Crippen LogP contribution in [-0.2, 0) is 9.53 Å². The van der Waals surface area contributed by atoms with Gasteiger partial charge < -0.3 is 9.15 Å². The number of carbonyl (C=O) groups is 1. The summed E-state index contributed by atoms with van der Waals surface area (Å²) in [5.41, 5.74) is 1.69. The summed E-state index contributed by atoms with van der Waals surface area (Å²) < 4.78 is 10.8. The van der Waals surface area contributed by atoms with Crippen molar-refractivity contribution >= 4 is 5.97 Å². The summed E-state index contributed by atoms with van der Waals surface area (Å²) in [6.07, 6.45) is 12.9. The lowest BCUT2D eigenvalue weighted by molar-refractivity contribution is -0.159. The van der Waals surface area contributed by atoms with Crippen LogP contribution < -0.4 is 5.63 Å². The highest BCUT2D eigenvalue weighted by Crippen LogP contribution is 2.69. The van der Waals surface area contributed by atoms with Crippen LogP contribution in [0.25, 0.3) is 0 Å². The second-order valence-electron chi connectivity index (χ2n) is 11.2. The minimum absolute atomic E-state index is 0.125. The Morgan fingerprint density at radius 1 is 1.00 bits per heavy atom. The van der Waals surface area contributed by atoms with Gasteiger partial charge in [0.1, 0.15) is 6.10 Å². The summed E-state index contributed by atoms with van der Waals surface area (Å²) in [4.78, 5) is 22.9. The molecule has 164 valence electrons. The monoisotopic (exact) mass is 412 g/mol. The number of carbonyl (C=O) groups excluding carboxylic acids is 1. The number of esters is 1. The van der Waals surface area contributed by atoms with Crippen LogP contribution in [0.5, 0.6) is 0 Å². The Morgan fingerprint density at radius 3 is 2.50 bits per heavy atom. The van der Waals surface area contributed by atoms with Gasteiger partial charge in [0.2, 0.25) is 0 Å². The van der Waals surface area contributed by atoms with E-state index in [-0.39, 0.29) is 17.7 Å². The lowest BCUT2D eigenvalue weighted by Gasteiger charge is -2.61. The van der Waals surface area contributed by atoms with Crippen molar-refractivity contribution in [3.05, 3.63) is 34.4 Å². The van der Waals surface area contributed by atoms with Crippen LogP contribution in [0, 0.1) is 34.5 Å². The van der Waals surface area contributed by atoms with E-state index in [1.54, 1.807) is 19.3 Å². The maximum Gasteiger partial charge on any atom is 0.335 e. The van der Waals surface area contributed by atoms with Crippen molar-refractivity contribution in [2.24, 2.45) is 34.5 Å². The smallest absolute Gasteiger partial charge is 0.335 e. The third kappa shape index (κ3) is 3.08. The van der Waals surface area contributed by atoms with Gasteiger partial charge in [-0.05, 0) is 110 Å². The first-order valence-electron chi connectivity index (χ1n) is 12.1. The predicted octanol–water partition coefficient (Wildman–Crippen LogP) is 5.70. The third-order valence-corrected chi connectivity index (χ3v) is 10.1. The maximum atomic E-state index is 11.5. The second kappa shape index (κ2) is 7.24. The molecule has 4 saturated carbocycles. The van der Waals surface area contributed by atoms with Gasteiger partial charge in [0, 0.05) is 13.0 Å². The van der Waals surface area contributed by atoms with E-state index in [2.05, 4.69) is 13.8 Å². The molecule has 0 N–H and O–H groups in total. The normalized spacial score (nSPS) is 45.2. The van der Waals surface area contributed by atoms with Gasteiger partial charge in [0.15, 0.2) is 0 Å². The number of ether oxygens (including phenoxy) is 1. The van der Waals surface area contributed by atoms with E-state index in [0.29, 0.717) is 22.7 Å². The fourth-order valence-corrected chi connectivity index (χ4v) is 8.68. The van der Waals surface area contributed by atoms with E-state index in [4.69, 9.17) is 9.15 Å². The molecule has 0 aromatic carbocycles. The predicted molar refractivity (Wildman–Crippen MR) is 115 cm³/mol. The molecular weight excluding hydrogens is 376 g/mol. The summed E-state index contributed by atoms with van der Waals surface area (Å²) in [6, 6.07) is 3.59. The van der Waals surface area contributed by atoms with Crippen molar-refractivity contribution in [1.82, 2.24) is 0 Å². The number of rotatable bonds is 2. The van der Waals surface area contributed by atoms with E-state index in [1.807, 2.05) is 6.07 Å². The highest BCUT2D eigenvalue weighted by Gasteiger charge is 2.60. The van der Waals surface area contributed by atoms with Gasteiger partial charge in [-0.3, -0.25) is 4.79 Å². The van der Waals surface area contributed by atoms with E-state index in [0.717, 1.165) is 30.6 Å².